The van der Waals surface area contributed by atoms with Crippen LogP contribution in [0, 0.1) is 25.7 Å². The van der Waals surface area contributed by atoms with E-state index in [2.05, 4.69) is 51.4 Å². The SMILES string of the molecule is Cc1ccc([C@@H]2CCC[C@H](CNc3ncnc(C(=O)N4CCC(N5C[C@H]6C[C@@H](N(C)S(C)(=O)=O)C[C@H]6C5)CC4)c3C)O2)cc1. The van der Waals surface area contributed by atoms with Gasteiger partial charge >= 0.3 is 0 Å². The van der Waals surface area contributed by atoms with Crippen LogP contribution in [0.2, 0.25) is 0 Å². The number of amides is 1. The first-order chi connectivity index (χ1) is 21.1. The molecule has 6 rings (SSSR count). The van der Waals surface area contributed by atoms with E-state index in [1.165, 1.54) is 23.7 Å². The summed E-state index contributed by atoms with van der Waals surface area (Å²) in [6.07, 6.45) is 9.94. The fraction of sp³-hybridized carbons (Fsp3) is 0.667. The van der Waals surface area contributed by atoms with Crippen molar-refractivity contribution >= 4 is 21.7 Å². The highest BCUT2D eigenvalue weighted by atomic mass is 32.2. The minimum atomic E-state index is -3.15. The monoisotopic (exact) mass is 624 g/mol. The normalized spacial score (nSPS) is 28.4. The Morgan fingerprint density at radius 1 is 1.02 bits per heavy atom. The van der Waals surface area contributed by atoms with E-state index in [-0.39, 0.29) is 24.2 Å². The standard InChI is InChI=1S/C33H48N6O4S/c1-22-8-10-24(11-9-22)30-7-5-6-29(43-30)18-34-32-23(2)31(35-21-36-32)33(40)38-14-12-27(13-15-38)39-19-25-16-28(17-26(25)20-39)37(3)44(4,41)42/h8-11,21,25-30H,5-7,12-20H2,1-4H3,(H,34,35,36)/t25-,26+,28-,29-,30+/m1/s1. The molecule has 1 aromatic carbocycles. The lowest BCUT2D eigenvalue weighted by Crippen LogP contribution is -2.47. The van der Waals surface area contributed by atoms with Gasteiger partial charge in [-0.2, -0.15) is 0 Å². The molecule has 2 aromatic rings. The summed E-state index contributed by atoms with van der Waals surface area (Å²) in [5, 5.41) is 3.45. The van der Waals surface area contributed by atoms with Gasteiger partial charge < -0.3 is 15.0 Å². The van der Waals surface area contributed by atoms with E-state index in [1.807, 2.05) is 11.8 Å². The van der Waals surface area contributed by atoms with Gasteiger partial charge in [0.05, 0.1) is 18.5 Å². The van der Waals surface area contributed by atoms with E-state index in [0.717, 1.165) is 76.7 Å². The number of anilines is 1. The summed E-state index contributed by atoms with van der Waals surface area (Å²) in [4.78, 5) is 27.0. The van der Waals surface area contributed by atoms with Gasteiger partial charge in [-0.25, -0.2) is 22.7 Å². The lowest BCUT2D eigenvalue weighted by atomic mass is 9.97. The van der Waals surface area contributed by atoms with E-state index in [9.17, 15) is 13.2 Å². The van der Waals surface area contributed by atoms with Crippen LogP contribution in [-0.2, 0) is 14.8 Å². The predicted octanol–water partition coefficient (Wildman–Crippen LogP) is 4.02. The Hall–Kier alpha value is -2.60. The van der Waals surface area contributed by atoms with Crippen LogP contribution in [0.25, 0.3) is 0 Å². The smallest absolute Gasteiger partial charge is 0.272 e. The summed E-state index contributed by atoms with van der Waals surface area (Å²) < 4.78 is 32.0. The summed E-state index contributed by atoms with van der Waals surface area (Å²) in [5.74, 6) is 1.80. The van der Waals surface area contributed by atoms with Gasteiger partial charge in [-0.15, -0.1) is 0 Å². The summed E-state index contributed by atoms with van der Waals surface area (Å²) in [7, 11) is -1.43. The Kier molecular flexibility index (Phi) is 9.29. The van der Waals surface area contributed by atoms with Gasteiger partial charge in [0, 0.05) is 57.4 Å². The molecule has 1 saturated carbocycles. The number of carbonyl (C=O) groups excluding carboxylic acids is 1. The number of rotatable bonds is 8. The van der Waals surface area contributed by atoms with Gasteiger partial charge in [-0.3, -0.25) is 9.69 Å². The number of piperidine rings is 1. The van der Waals surface area contributed by atoms with Crippen molar-refractivity contribution in [3.63, 3.8) is 0 Å². The summed E-state index contributed by atoms with van der Waals surface area (Å²) in [6.45, 7) is 8.18. The van der Waals surface area contributed by atoms with Crippen molar-refractivity contribution in [2.75, 3.05) is 51.3 Å². The minimum absolute atomic E-state index is 0.0234. The number of fused-ring (bicyclic) bond motifs is 1. The molecule has 240 valence electrons. The number of sulfonamides is 1. The molecule has 0 unspecified atom stereocenters. The molecule has 0 bridgehead atoms. The molecule has 5 atom stereocenters. The fourth-order valence-corrected chi connectivity index (χ4v) is 8.60. The molecule has 4 heterocycles. The Balaban J connectivity index is 0.990. The molecule has 1 aromatic heterocycles. The van der Waals surface area contributed by atoms with Gasteiger partial charge in [0.1, 0.15) is 17.8 Å². The molecule has 1 amide bonds. The Labute approximate surface area is 262 Å². The van der Waals surface area contributed by atoms with E-state index >= 15 is 0 Å². The first kappa shape index (κ1) is 31.4. The molecular formula is C33H48N6O4S. The number of ether oxygens (including phenoxy) is 1. The van der Waals surface area contributed by atoms with Crippen LogP contribution in [0.5, 0.6) is 0 Å². The predicted molar refractivity (Wildman–Crippen MR) is 171 cm³/mol. The summed E-state index contributed by atoms with van der Waals surface area (Å²) in [6, 6.07) is 9.21. The van der Waals surface area contributed by atoms with Crippen LogP contribution >= 0.6 is 0 Å². The lowest BCUT2D eigenvalue weighted by Gasteiger charge is -2.37. The highest BCUT2D eigenvalue weighted by Crippen LogP contribution is 2.42. The van der Waals surface area contributed by atoms with Crippen LogP contribution in [-0.4, -0.2) is 103 Å². The number of carbonyl (C=O) groups is 1. The second-order valence-corrected chi connectivity index (χ2v) is 15.6. The second-order valence-electron chi connectivity index (χ2n) is 13.6. The zero-order valence-corrected chi connectivity index (χ0v) is 27.4. The Morgan fingerprint density at radius 3 is 2.36 bits per heavy atom. The van der Waals surface area contributed by atoms with Gasteiger partial charge in [-0.1, -0.05) is 29.8 Å². The van der Waals surface area contributed by atoms with Crippen molar-refractivity contribution in [1.82, 2.24) is 24.1 Å². The van der Waals surface area contributed by atoms with Crippen molar-refractivity contribution in [1.29, 1.82) is 0 Å². The maximum absolute atomic E-state index is 13.6. The number of likely N-dealkylation sites (tertiary alicyclic amines) is 2. The Bertz CT molecular complexity index is 1410. The third kappa shape index (κ3) is 6.80. The quantitative estimate of drug-likeness (QED) is 0.470. The van der Waals surface area contributed by atoms with Crippen molar-refractivity contribution in [2.24, 2.45) is 11.8 Å². The minimum Gasteiger partial charge on any atom is -0.368 e. The zero-order chi connectivity index (χ0) is 31.0. The number of benzene rings is 1. The first-order valence-electron chi connectivity index (χ1n) is 16.3. The van der Waals surface area contributed by atoms with Gasteiger partial charge in [0.25, 0.3) is 5.91 Å². The van der Waals surface area contributed by atoms with Crippen molar-refractivity contribution in [2.45, 2.75) is 83.1 Å². The molecule has 3 aliphatic heterocycles. The van der Waals surface area contributed by atoms with Gasteiger partial charge in [0.15, 0.2) is 0 Å². The number of nitrogens with one attached hydrogen (secondary N) is 1. The highest BCUT2D eigenvalue weighted by Gasteiger charge is 2.45. The Morgan fingerprint density at radius 2 is 1.70 bits per heavy atom. The van der Waals surface area contributed by atoms with Crippen molar-refractivity contribution in [3.8, 4) is 0 Å². The van der Waals surface area contributed by atoms with Crippen LogP contribution in [0.1, 0.15) is 78.2 Å². The van der Waals surface area contributed by atoms with Gasteiger partial charge in [-0.05, 0) is 76.2 Å². The fourth-order valence-electron chi connectivity index (χ4n) is 7.88. The summed E-state index contributed by atoms with van der Waals surface area (Å²) >= 11 is 0. The second kappa shape index (κ2) is 13.0. The molecule has 4 fully saturated rings. The topological polar surface area (TPSA) is 108 Å². The number of aryl methyl sites for hydroxylation is 1. The zero-order valence-electron chi connectivity index (χ0n) is 26.6. The van der Waals surface area contributed by atoms with Crippen molar-refractivity contribution in [3.05, 3.63) is 53.0 Å². The molecule has 0 spiro atoms. The number of aromatic nitrogens is 2. The number of hydrogen-bond acceptors (Lipinski definition) is 8. The average molecular weight is 625 g/mol. The van der Waals surface area contributed by atoms with Crippen LogP contribution in [0.3, 0.4) is 0 Å². The molecule has 3 saturated heterocycles. The average Bonchev–Trinajstić information content (AvgIpc) is 3.60. The van der Waals surface area contributed by atoms with E-state index in [4.69, 9.17) is 4.74 Å². The maximum atomic E-state index is 13.6. The molecule has 1 N–H and O–H groups in total. The molecular weight excluding hydrogens is 576 g/mol. The third-order valence-electron chi connectivity index (χ3n) is 10.6. The van der Waals surface area contributed by atoms with Crippen LogP contribution in [0.4, 0.5) is 5.82 Å². The van der Waals surface area contributed by atoms with E-state index in [1.54, 1.807) is 11.4 Å². The van der Waals surface area contributed by atoms with Gasteiger partial charge in [0.2, 0.25) is 10.0 Å². The lowest BCUT2D eigenvalue weighted by molar-refractivity contribution is -0.0442. The molecule has 4 aliphatic rings. The van der Waals surface area contributed by atoms with E-state index in [0.29, 0.717) is 35.9 Å². The molecule has 1 aliphatic carbocycles. The summed E-state index contributed by atoms with van der Waals surface area (Å²) in [5.41, 5.74) is 3.74. The van der Waals surface area contributed by atoms with Crippen molar-refractivity contribution < 1.29 is 17.9 Å². The number of nitrogens with zero attached hydrogens (tertiary/aromatic N) is 5. The molecule has 44 heavy (non-hydrogen) atoms. The highest BCUT2D eigenvalue weighted by molar-refractivity contribution is 7.88. The number of hydrogen-bond donors (Lipinski definition) is 1. The largest absolute Gasteiger partial charge is 0.368 e. The maximum Gasteiger partial charge on any atom is 0.272 e. The molecule has 11 heteroatoms. The van der Waals surface area contributed by atoms with E-state index < -0.39 is 10.0 Å². The first-order valence-corrected chi connectivity index (χ1v) is 18.2. The molecule has 10 nitrogen and oxygen atoms in total. The molecule has 0 radical (unpaired) electrons. The van der Waals surface area contributed by atoms with Crippen LogP contribution < -0.4 is 5.32 Å². The third-order valence-corrected chi connectivity index (χ3v) is 12.0. The van der Waals surface area contributed by atoms with Crippen LogP contribution in [0.15, 0.2) is 30.6 Å².